The minimum Gasteiger partial charge on any atom is -0.495 e. The van der Waals surface area contributed by atoms with E-state index in [-0.39, 0.29) is 12.5 Å². The topological polar surface area (TPSA) is 50.8 Å². The van der Waals surface area contributed by atoms with Crippen molar-refractivity contribution in [3.63, 3.8) is 0 Å². The summed E-state index contributed by atoms with van der Waals surface area (Å²) in [6.07, 6.45) is 0. The van der Waals surface area contributed by atoms with Crippen molar-refractivity contribution in [3.05, 3.63) is 17.2 Å². The molecule has 100 valence electrons. The van der Waals surface area contributed by atoms with E-state index in [4.69, 9.17) is 21.1 Å². The molecule has 0 aliphatic carbocycles. The van der Waals surface area contributed by atoms with Crippen molar-refractivity contribution in [1.82, 2.24) is 4.90 Å². The van der Waals surface area contributed by atoms with E-state index in [0.717, 1.165) is 0 Å². The maximum absolute atomic E-state index is 11.5. The zero-order valence-electron chi connectivity index (χ0n) is 10.9. The quantitative estimate of drug-likeness (QED) is 0.889. The molecule has 0 spiro atoms. The standard InChI is InChI=1S/C12H17ClN2O3/c1-15(2)12(16)7-14-9-6-10(17-3)8(13)5-11(9)18-4/h5-6,14H,7H2,1-4H3. The number of nitrogens with one attached hydrogen (secondary N) is 1. The number of amides is 1. The van der Waals surface area contributed by atoms with Gasteiger partial charge >= 0.3 is 0 Å². The maximum atomic E-state index is 11.5. The molecule has 1 rings (SSSR count). The number of benzene rings is 1. The highest BCUT2D eigenvalue weighted by Gasteiger charge is 2.11. The van der Waals surface area contributed by atoms with E-state index in [9.17, 15) is 4.79 Å². The van der Waals surface area contributed by atoms with Crippen LogP contribution in [0, 0.1) is 0 Å². The number of likely N-dealkylation sites (N-methyl/N-ethyl adjacent to an activating group) is 1. The van der Waals surface area contributed by atoms with E-state index >= 15 is 0 Å². The molecule has 0 atom stereocenters. The zero-order valence-corrected chi connectivity index (χ0v) is 11.7. The van der Waals surface area contributed by atoms with Gasteiger partial charge in [-0.3, -0.25) is 4.79 Å². The highest BCUT2D eigenvalue weighted by atomic mass is 35.5. The summed E-state index contributed by atoms with van der Waals surface area (Å²) in [5.74, 6) is 1.05. The van der Waals surface area contributed by atoms with Crippen molar-refractivity contribution in [2.45, 2.75) is 0 Å². The summed E-state index contributed by atoms with van der Waals surface area (Å²) in [6.45, 7) is 0.175. The van der Waals surface area contributed by atoms with Crippen molar-refractivity contribution >= 4 is 23.2 Å². The zero-order chi connectivity index (χ0) is 13.7. The molecule has 1 aromatic rings. The first-order valence-corrected chi connectivity index (χ1v) is 5.73. The van der Waals surface area contributed by atoms with Gasteiger partial charge in [0.15, 0.2) is 0 Å². The van der Waals surface area contributed by atoms with Gasteiger partial charge in [-0.2, -0.15) is 0 Å². The van der Waals surface area contributed by atoms with Gasteiger partial charge in [-0.1, -0.05) is 11.6 Å². The third-order valence-electron chi connectivity index (χ3n) is 2.40. The Hall–Kier alpha value is -1.62. The molecule has 1 aromatic carbocycles. The molecule has 0 aliphatic heterocycles. The molecule has 0 heterocycles. The Morgan fingerprint density at radius 1 is 1.28 bits per heavy atom. The van der Waals surface area contributed by atoms with Gasteiger partial charge in [-0.15, -0.1) is 0 Å². The SMILES string of the molecule is COc1cc(NCC(=O)N(C)C)c(OC)cc1Cl. The van der Waals surface area contributed by atoms with E-state index in [1.165, 1.54) is 19.1 Å². The van der Waals surface area contributed by atoms with Crippen LogP contribution in [0.1, 0.15) is 0 Å². The largest absolute Gasteiger partial charge is 0.495 e. The molecule has 0 unspecified atom stereocenters. The van der Waals surface area contributed by atoms with Gasteiger partial charge in [0.05, 0.1) is 31.5 Å². The second-order valence-corrected chi connectivity index (χ2v) is 4.24. The number of nitrogens with zero attached hydrogens (tertiary/aromatic N) is 1. The molecule has 6 heteroatoms. The lowest BCUT2D eigenvalue weighted by Crippen LogP contribution is -2.28. The number of rotatable bonds is 5. The van der Waals surface area contributed by atoms with Crippen LogP contribution in [-0.4, -0.2) is 45.7 Å². The lowest BCUT2D eigenvalue weighted by molar-refractivity contribution is -0.126. The minimum atomic E-state index is -0.0361. The van der Waals surface area contributed by atoms with Gasteiger partial charge in [0, 0.05) is 26.2 Å². The summed E-state index contributed by atoms with van der Waals surface area (Å²) < 4.78 is 10.3. The predicted octanol–water partition coefficient (Wildman–Crippen LogP) is 1.86. The molecule has 18 heavy (non-hydrogen) atoms. The van der Waals surface area contributed by atoms with Crippen molar-refractivity contribution in [2.24, 2.45) is 0 Å². The minimum absolute atomic E-state index is 0.0361. The van der Waals surface area contributed by atoms with Gasteiger partial charge in [0.1, 0.15) is 11.5 Å². The lowest BCUT2D eigenvalue weighted by Gasteiger charge is -2.15. The number of anilines is 1. The highest BCUT2D eigenvalue weighted by Crippen LogP contribution is 2.35. The molecule has 0 aromatic heterocycles. The van der Waals surface area contributed by atoms with Crippen LogP contribution < -0.4 is 14.8 Å². The van der Waals surface area contributed by atoms with Crippen molar-refractivity contribution in [2.75, 3.05) is 40.2 Å². The fourth-order valence-corrected chi connectivity index (χ4v) is 1.56. The van der Waals surface area contributed by atoms with Crippen LogP contribution in [0.2, 0.25) is 5.02 Å². The Bertz CT molecular complexity index is 436. The molecular weight excluding hydrogens is 256 g/mol. The van der Waals surface area contributed by atoms with Crippen LogP contribution in [0.4, 0.5) is 5.69 Å². The third-order valence-corrected chi connectivity index (χ3v) is 2.70. The van der Waals surface area contributed by atoms with Crippen LogP contribution >= 0.6 is 11.6 Å². The van der Waals surface area contributed by atoms with Gasteiger partial charge < -0.3 is 19.7 Å². The monoisotopic (exact) mass is 272 g/mol. The number of methoxy groups -OCH3 is 2. The first kappa shape index (κ1) is 14.4. The molecule has 0 saturated heterocycles. The maximum Gasteiger partial charge on any atom is 0.241 e. The fourth-order valence-electron chi connectivity index (χ4n) is 1.33. The summed E-state index contributed by atoms with van der Waals surface area (Å²) in [4.78, 5) is 13.0. The van der Waals surface area contributed by atoms with E-state index in [0.29, 0.717) is 22.2 Å². The first-order chi connectivity index (χ1) is 8.49. The molecule has 1 amide bonds. The van der Waals surface area contributed by atoms with Gasteiger partial charge in [-0.25, -0.2) is 0 Å². The van der Waals surface area contributed by atoms with E-state index < -0.39 is 0 Å². The molecule has 0 fully saturated rings. The molecule has 0 saturated carbocycles. The smallest absolute Gasteiger partial charge is 0.241 e. The van der Waals surface area contributed by atoms with Crippen molar-refractivity contribution in [1.29, 1.82) is 0 Å². The summed E-state index contributed by atoms with van der Waals surface area (Å²) >= 11 is 5.99. The van der Waals surface area contributed by atoms with Crippen LogP contribution in [0.15, 0.2) is 12.1 Å². The Morgan fingerprint density at radius 2 is 1.89 bits per heavy atom. The van der Waals surface area contributed by atoms with Crippen LogP contribution in [-0.2, 0) is 4.79 Å². The van der Waals surface area contributed by atoms with Gasteiger partial charge in [0.25, 0.3) is 0 Å². The first-order valence-electron chi connectivity index (χ1n) is 5.35. The van der Waals surface area contributed by atoms with E-state index in [1.54, 1.807) is 26.2 Å². The number of carbonyl (C=O) groups excluding carboxylic acids is 1. The van der Waals surface area contributed by atoms with Crippen LogP contribution in [0.5, 0.6) is 11.5 Å². The number of ether oxygens (including phenoxy) is 2. The Balaban J connectivity index is 2.89. The number of carbonyl (C=O) groups is 1. The molecule has 0 aliphatic rings. The summed E-state index contributed by atoms with van der Waals surface area (Å²) in [6, 6.07) is 3.34. The van der Waals surface area contributed by atoms with Crippen molar-refractivity contribution < 1.29 is 14.3 Å². The number of halogens is 1. The van der Waals surface area contributed by atoms with Gasteiger partial charge in [-0.05, 0) is 0 Å². The normalized spacial score (nSPS) is 9.83. The van der Waals surface area contributed by atoms with Crippen LogP contribution in [0.25, 0.3) is 0 Å². The van der Waals surface area contributed by atoms with E-state index in [1.807, 2.05) is 0 Å². The van der Waals surface area contributed by atoms with Gasteiger partial charge in [0.2, 0.25) is 5.91 Å². The van der Waals surface area contributed by atoms with Crippen molar-refractivity contribution in [3.8, 4) is 11.5 Å². The Morgan fingerprint density at radius 3 is 2.39 bits per heavy atom. The molecule has 0 radical (unpaired) electrons. The Kier molecular flexibility index (Phi) is 5.09. The predicted molar refractivity (Wildman–Crippen MR) is 71.7 cm³/mol. The summed E-state index contributed by atoms with van der Waals surface area (Å²) in [7, 11) is 6.47. The second-order valence-electron chi connectivity index (χ2n) is 3.83. The molecule has 1 N–H and O–H groups in total. The number of hydrogen-bond acceptors (Lipinski definition) is 4. The average molecular weight is 273 g/mol. The van der Waals surface area contributed by atoms with Crippen LogP contribution in [0.3, 0.4) is 0 Å². The third kappa shape index (κ3) is 3.43. The Labute approximate surface area is 112 Å². The second kappa shape index (κ2) is 6.35. The highest BCUT2D eigenvalue weighted by molar-refractivity contribution is 6.32. The summed E-state index contributed by atoms with van der Waals surface area (Å²) in [5.41, 5.74) is 0.661. The number of hydrogen-bond donors (Lipinski definition) is 1. The van der Waals surface area contributed by atoms with E-state index in [2.05, 4.69) is 5.32 Å². The molecule has 5 nitrogen and oxygen atoms in total. The summed E-state index contributed by atoms with van der Waals surface area (Å²) in [5, 5.41) is 3.45. The lowest BCUT2D eigenvalue weighted by atomic mass is 10.2. The molecule has 0 bridgehead atoms. The molecular formula is C12H17ClN2O3. The average Bonchev–Trinajstić information content (AvgIpc) is 2.36. The fraction of sp³-hybridized carbons (Fsp3) is 0.417.